The van der Waals surface area contributed by atoms with Crippen LogP contribution in [-0.2, 0) is 6.42 Å². The first-order valence-corrected chi connectivity index (χ1v) is 8.50. The maximum Gasteiger partial charge on any atom is 0.150 e. The van der Waals surface area contributed by atoms with Gasteiger partial charge in [-0.05, 0) is 31.7 Å². The molecular formula is C15H22ClNO4. The summed E-state index contributed by atoms with van der Waals surface area (Å²) in [5.41, 5.74) is 2.08. The molecular weight excluding hydrogens is 294 g/mol. The monoisotopic (exact) mass is 315 g/mol. The van der Waals surface area contributed by atoms with Crippen molar-refractivity contribution in [3.63, 3.8) is 0 Å². The van der Waals surface area contributed by atoms with Gasteiger partial charge in [-0.2, -0.15) is 0 Å². The van der Waals surface area contributed by atoms with Crippen molar-refractivity contribution < 1.29 is 33.4 Å². The fraction of sp³-hybridized carbons (Fsp3) is 0.600. The summed E-state index contributed by atoms with van der Waals surface area (Å²) in [7, 11) is -4.94. The molecule has 1 atom stereocenters. The average molecular weight is 316 g/mol. The van der Waals surface area contributed by atoms with Crippen LogP contribution in [0.2, 0.25) is 0 Å². The first-order valence-electron chi connectivity index (χ1n) is 7.26. The Labute approximate surface area is 127 Å². The van der Waals surface area contributed by atoms with Gasteiger partial charge in [0.2, 0.25) is 0 Å². The van der Waals surface area contributed by atoms with Crippen LogP contribution in [0.5, 0.6) is 0 Å². The molecule has 2 heterocycles. The van der Waals surface area contributed by atoms with E-state index in [2.05, 4.69) is 37.3 Å². The summed E-state index contributed by atoms with van der Waals surface area (Å²) in [4.78, 5) is 0. The molecule has 5 nitrogen and oxygen atoms in total. The topological polar surface area (TPSA) is 92.2 Å². The van der Waals surface area contributed by atoms with Crippen LogP contribution in [-0.4, -0.2) is 29.7 Å². The van der Waals surface area contributed by atoms with Gasteiger partial charge in [-0.25, -0.2) is 18.6 Å². The zero-order valence-corrected chi connectivity index (χ0v) is 13.1. The summed E-state index contributed by atoms with van der Waals surface area (Å²) in [6, 6.07) is 11.0. The maximum absolute atomic E-state index is 8.49. The molecule has 0 bridgehead atoms. The minimum atomic E-state index is -4.94. The lowest BCUT2D eigenvalue weighted by Gasteiger charge is -2.29. The molecule has 1 spiro atoms. The molecule has 21 heavy (non-hydrogen) atoms. The van der Waals surface area contributed by atoms with Gasteiger partial charge in [0.15, 0.2) is 0 Å². The molecule has 118 valence electrons. The van der Waals surface area contributed by atoms with E-state index in [1.165, 1.54) is 55.4 Å². The number of nitrogens with zero attached hydrogens (tertiary/aromatic N) is 1. The van der Waals surface area contributed by atoms with E-state index in [1.54, 1.807) is 0 Å². The van der Waals surface area contributed by atoms with Crippen molar-refractivity contribution in [2.45, 2.75) is 38.1 Å². The van der Waals surface area contributed by atoms with E-state index in [9.17, 15) is 0 Å². The number of piperidine rings is 1. The predicted molar refractivity (Wildman–Crippen MR) is 67.3 cm³/mol. The Balaban J connectivity index is 0.000000282. The van der Waals surface area contributed by atoms with E-state index >= 15 is 0 Å². The van der Waals surface area contributed by atoms with Crippen molar-refractivity contribution in [1.29, 1.82) is 0 Å². The van der Waals surface area contributed by atoms with Crippen LogP contribution in [0, 0.1) is 10.2 Å². The summed E-state index contributed by atoms with van der Waals surface area (Å²) < 4.78 is 35.4. The van der Waals surface area contributed by atoms with E-state index in [-0.39, 0.29) is 0 Å². The molecule has 2 aliphatic heterocycles. The van der Waals surface area contributed by atoms with Crippen LogP contribution < -0.4 is 18.6 Å². The van der Waals surface area contributed by atoms with Crippen molar-refractivity contribution in [2.75, 3.05) is 19.6 Å². The zero-order valence-electron chi connectivity index (χ0n) is 12.3. The van der Waals surface area contributed by atoms with Crippen LogP contribution >= 0.6 is 0 Å². The molecule has 6 heteroatoms. The second kappa shape index (κ2) is 6.20. The van der Waals surface area contributed by atoms with Crippen molar-refractivity contribution >= 4 is 0 Å². The standard InChI is InChI=1S/C15H22N.ClHO4/c1-15(12-14-8-4-2-5-9-14)13-16(15)10-6-3-7-11-16;2-1(3,4)5/h2,4-5,8-9H,3,6-7,10-13H2,1H3;(H,2,3,4,5)/q+1;/p-1. The summed E-state index contributed by atoms with van der Waals surface area (Å²) in [6.07, 6.45) is 5.63. The molecule has 3 rings (SSSR count). The molecule has 2 fully saturated rings. The first kappa shape index (κ1) is 16.7. The van der Waals surface area contributed by atoms with Crippen LogP contribution in [0.1, 0.15) is 31.7 Å². The van der Waals surface area contributed by atoms with Gasteiger partial charge in [-0.1, -0.05) is 30.3 Å². The van der Waals surface area contributed by atoms with Gasteiger partial charge in [0, 0.05) is 6.42 Å². The Morgan fingerprint density at radius 2 is 1.52 bits per heavy atom. The first-order chi connectivity index (χ1) is 9.74. The minimum Gasteiger partial charge on any atom is -0.309 e. The molecule has 1 aromatic rings. The van der Waals surface area contributed by atoms with Crippen LogP contribution in [0.3, 0.4) is 0 Å². The lowest BCUT2D eigenvalue weighted by Crippen LogP contribution is -2.68. The molecule has 0 aliphatic carbocycles. The Morgan fingerprint density at radius 3 is 2.05 bits per heavy atom. The van der Waals surface area contributed by atoms with Gasteiger partial charge in [-0.3, -0.25) is 0 Å². The molecule has 0 N–H and O–H groups in total. The summed E-state index contributed by atoms with van der Waals surface area (Å²) >= 11 is 0. The van der Waals surface area contributed by atoms with Gasteiger partial charge in [0.05, 0.1) is 13.1 Å². The lowest BCUT2D eigenvalue weighted by molar-refractivity contribution is -2.00. The van der Waals surface area contributed by atoms with E-state index in [1.807, 2.05) is 0 Å². The quantitative estimate of drug-likeness (QED) is 0.478. The number of halogens is 1. The van der Waals surface area contributed by atoms with E-state index in [0.717, 1.165) is 0 Å². The minimum absolute atomic E-state index is 0.557. The Kier molecular flexibility index (Phi) is 4.92. The largest absolute Gasteiger partial charge is 0.309 e. The maximum atomic E-state index is 8.49. The van der Waals surface area contributed by atoms with Gasteiger partial charge < -0.3 is 4.48 Å². The van der Waals surface area contributed by atoms with Crippen molar-refractivity contribution in [2.24, 2.45) is 0 Å². The number of rotatable bonds is 2. The summed E-state index contributed by atoms with van der Waals surface area (Å²) in [6.45, 7) is 6.78. The van der Waals surface area contributed by atoms with Gasteiger partial charge >= 0.3 is 0 Å². The molecule has 0 amide bonds. The van der Waals surface area contributed by atoms with Crippen molar-refractivity contribution in [3.8, 4) is 0 Å². The number of quaternary nitrogens is 1. The van der Waals surface area contributed by atoms with Crippen molar-refractivity contribution in [3.05, 3.63) is 35.9 Å². The highest BCUT2D eigenvalue weighted by molar-refractivity contribution is 5.18. The van der Waals surface area contributed by atoms with Gasteiger partial charge in [-0.15, -0.1) is 10.2 Å². The fourth-order valence-corrected chi connectivity index (χ4v) is 3.69. The highest BCUT2D eigenvalue weighted by Crippen LogP contribution is 2.47. The molecule has 0 radical (unpaired) electrons. The normalized spacial score (nSPS) is 26.9. The third-order valence-electron chi connectivity index (χ3n) is 4.79. The third-order valence-corrected chi connectivity index (χ3v) is 4.79. The number of benzene rings is 1. The Morgan fingerprint density at radius 1 is 1.00 bits per heavy atom. The molecule has 1 aromatic carbocycles. The number of hydrogen-bond acceptors (Lipinski definition) is 4. The second-order valence-corrected chi connectivity index (χ2v) is 7.10. The molecule has 1 unspecified atom stereocenters. The highest BCUT2D eigenvalue weighted by atomic mass is 35.7. The predicted octanol–water partition coefficient (Wildman–Crippen LogP) is -1.75. The van der Waals surface area contributed by atoms with Crippen LogP contribution in [0.15, 0.2) is 30.3 Å². The highest BCUT2D eigenvalue weighted by Gasteiger charge is 2.65. The lowest BCUT2D eigenvalue weighted by atomic mass is 9.99. The van der Waals surface area contributed by atoms with Gasteiger partial charge in [0.25, 0.3) is 0 Å². The van der Waals surface area contributed by atoms with E-state index in [0.29, 0.717) is 5.54 Å². The van der Waals surface area contributed by atoms with E-state index < -0.39 is 10.2 Å². The van der Waals surface area contributed by atoms with Crippen molar-refractivity contribution in [1.82, 2.24) is 0 Å². The van der Waals surface area contributed by atoms with Crippen LogP contribution in [0.25, 0.3) is 0 Å². The third kappa shape index (κ3) is 4.64. The summed E-state index contributed by atoms with van der Waals surface area (Å²) in [5.74, 6) is 0. The summed E-state index contributed by atoms with van der Waals surface area (Å²) in [5, 5.41) is 0. The smallest absolute Gasteiger partial charge is 0.150 e. The Bertz CT molecular complexity index is 450. The Hall–Kier alpha value is -0.690. The zero-order chi connectivity index (χ0) is 15.6. The SMILES string of the molecule is CC1(Cc2ccccc2)C[N+]12CCCCC2.[O-][Cl+3]([O-])([O-])[O-]. The van der Waals surface area contributed by atoms with E-state index in [4.69, 9.17) is 18.6 Å². The molecule has 2 saturated heterocycles. The second-order valence-electron chi connectivity index (χ2n) is 6.35. The molecule has 2 aliphatic rings. The average Bonchev–Trinajstić information content (AvgIpc) is 2.92. The van der Waals surface area contributed by atoms with Gasteiger partial charge in [0.1, 0.15) is 12.1 Å². The molecule has 0 aromatic heterocycles. The van der Waals surface area contributed by atoms with Crippen LogP contribution in [0.4, 0.5) is 0 Å². The molecule has 0 saturated carbocycles. The number of hydrogen-bond donors (Lipinski definition) is 0. The fourth-order valence-electron chi connectivity index (χ4n) is 3.69.